The predicted molar refractivity (Wildman–Crippen MR) is 115 cm³/mol. The molecule has 1 aromatic rings. The van der Waals surface area contributed by atoms with Gasteiger partial charge in [-0.2, -0.15) is 0 Å². The van der Waals surface area contributed by atoms with Gasteiger partial charge in [0, 0.05) is 19.5 Å². The van der Waals surface area contributed by atoms with Crippen LogP contribution in [0.3, 0.4) is 0 Å². The Hall–Kier alpha value is -1.00. The second-order valence-electron chi connectivity index (χ2n) is 10.8. The highest BCUT2D eigenvalue weighted by Gasteiger charge is 2.42. The highest BCUT2D eigenvalue weighted by Crippen LogP contribution is 2.45. The Morgan fingerprint density at radius 2 is 1.79 bits per heavy atom. The van der Waals surface area contributed by atoms with Gasteiger partial charge < -0.3 is 5.11 Å². The van der Waals surface area contributed by atoms with Crippen molar-refractivity contribution in [2.24, 2.45) is 29.1 Å². The molecular formula is C25H39F2NO. The molecule has 4 atom stereocenters. The Morgan fingerprint density at radius 3 is 2.45 bits per heavy atom. The second-order valence-corrected chi connectivity index (χ2v) is 10.8. The van der Waals surface area contributed by atoms with Gasteiger partial charge in [-0.15, -0.1) is 0 Å². The third-order valence-electron chi connectivity index (χ3n) is 7.29. The molecular weight excluding hydrogens is 368 g/mol. The molecule has 29 heavy (non-hydrogen) atoms. The van der Waals surface area contributed by atoms with Gasteiger partial charge in [-0.1, -0.05) is 64.4 Å². The van der Waals surface area contributed by atoms with Gasteiger partial charge in [0.25, 0.3) is 5.92 Å². The number of rotatable bonds is 7. The van der Waals surface area contributed by atoms with E-state index in [1.165, 1.54) is 0 Å². The van der Waals surface area contributed by atoms with E-state index in [9.17, 15) is 13.9 Å². The SMILES string of the molecule is CC(C)C1CN(CC2CCC(CC(C)(C)C(O)c3ccccc3)C2)CC(F)(F)C1. The standard InChI is InChI=1S/C25H39F2NO/c1-18(2)22-14-25(26,27)17-28(16-22)15-20-11-10-19(12-20)13-24(3,4)23(29)21-8-6-5-7-9-21/h5-9,18-20,22-23,29H,10-17H2,1-4H3. The lowest BCUT2D eigenvalue weighted by atomic mass is 9.75. The number of aliphatic hydroxyl groups excluding tert-OH is 1. The lowest BCUT2D eigenvalue weighted by molar-refractivity contribution is -0.0946. The first-order chi connectivity index (χ1) is 13.6. The third kappa shape index (κ3) is 6.01. The Kier molecular flexibility index (Phi) is 7.05. The quantitative estimate of drug-likeness (QED) is 0.584. The van der Waals surface area contributed by atoms with Gasteiger partial charge in [0.2, 0.25) is 0 Å². The highest BCUT2D eigenvalue weighted by molar-refractivity contribution is 5.19. The molecule has 0 aromatic heterocycles. The van der Waals surface area contributed by atoms with E-state index >= 15 is 0 Å². The summed E-state index contributed by atoms with van der Waals surface area (Å²) in [5.41, 5.74) is 0.782. The highest BCUT2D eigenvalue weighted by atomic mass is 19.3. The summed E-state index contributed by atoms with van der Waals surface area (Å²) in [7, 11) is 0. The Labute approximate surface area is 175 Å². The van der Waals surface area contributed by atoms with E-state index in [1.54, 1.807) is 0 Å². The first-order valence-electron chi connectivity index (χ1n) is 11.4. The van der Waals surface area contributed by atoms with Crippen LogP contribution in [-0.2, 0) is 0 Å². The van der Waals surface area contributed by atoms with Crippen LogP contribution >= 0.6 is 0 Å². The fourth-order valence-corrected chi connectivity index (χ4v) is 5.66. The number of likely N-dealkylation sites (tertiary alicyclic amines) is 1. The molecule has 2 aliphatic rings. The van der Waals surface area contributed by atoms with Gasteiger partial charge >= 0.3 is 0 Å². The maximum Gasteiger partial charge on any atom is 0.260 e. The molecule has 0 amide bonds. The summed E-state index contributed by atoms with van der Waals surface area (Å²) in [5, 5.41) is 10.9. The molecule has 0 spiro atoms. The summed E-state index contributed by atoms with van der Waals surface area (Å²) in [5.74, 6) is -1.07. The summed E-state index contributed by atoms with van der Waals surface area (Å²) < 4.78 is 28.4. The van der Waals surface area contributed by atoms with E-state index in [2.05, 4.69) is 27.7 Å². The van der Waals surface area contributed by atoms with Crippen LogP contribution in [0.5, 0.6) is 0 Å². The molecule has 2 fully saturated rings. The molecule has 1 saturated carbocycles. The van der Waals surface area contributed by atoms with Gasteiger partial charge in [-0.25, -0.2) is 8.78 Å². The zero-order chi connectivity index (χ0) is 21.2. The number of alkyl halides is 2. The number of aliphatic hydroxyl groups is 1. The van der Waals surface area contributed by atoms with E-state index in [0.717, 1.165) is 44.3 Å². The monoisotopic (exact) mass is 407 g/mol. The first-order valence-corrected chi connectivity index (χ1v) is 11.4. The topological polar surface area (TPSA) is 23.5 Å². The maximum absolute atomic E-state index is 14.2. The Balaban J connectivity index is 1.53. The fraction of sp³-hybridized carbons (Fsp3) is 0.760. The van der Waals surface area contributed by atoms with Gasteiger partial charge in [0.1, 0.15) is 0 Å². The lowest BCUT2D eigenvalue weighted by Gasteiger charge is -2.40. The minimum Gasteiger partial charge on any atom is -0.388 e. The summed E-state index contributed by atoms with van der Waals surface area (Å²) >= 11 is 0. The van der Waals surface area contributed by atoms with Crippen molar-refractivity contribution < 1.29 is 13.9 Å². The van der Waals surface area contributed by atoms with Crippen molar-refractivity contribution in [2.75, 3.05) is 19.6 Å². The molecule has 1 aromatic carbocycles. The molecule has 0 radical (unpaired) electrons. The van der Waals surface area contributed by atoms with Crippen LogP contribution in [0.15, 0.2) is 30.3 Å². The number of benzene rings is 1. The molecule has 1 N–H and O–H groups in total. The van der Waals surface area contributed by atoms with Crippen molar-refractivity contribution in [2.45, 2.75) is 71.8 Å². The molecule has 1 aliphatic carbocycles. The van der Waals surface area contributed by atoms with Crippen molar-refractivity contribution in [3.63, 3.8) is 0 Å². The average molecular weight is 408 g/mol. The van der Waals surface area contributed by atoms with E-state index in [1.807, 2.05) is 35.2 Å². The zero-order valence-electron chi connectivity index (χ0n) is 18.6. The van der Waals surface area contributed by atoms with Crippen molar-refractivity contribution in [1.29, 1.82) is 0 Å². The van der Waals surface area contributed by atoms with Crippen LogP contribution in [0.1, 0.15) is 71.5 Å². The lowest BCUT2D eigenvalue weighted by Crippen LogP contribution is -2.49. The van der Waals surface area contributed by atoms with Gasteiger partial charge in [-0.3, -0.25) is 4.90 Å². The van der Waals surface area contributed by atoms with Crippen LogP contribution in [0.2, 0.25) is 0 Å². The van der Waals surface area contributed by atoms with E-state index < -0.39 is 12.0 Å². The molecule has 1 aliphatic heterocycles. The number of hydrogen-bond donors (Lipinski definition) is 1. The van der Waals surface area contributed by atoms with Gasteiger partial charge in [0.05, 0.1) is 12.6 Å². The zero-order valence-corrected chi connectivity index (χ0v) is 18.6. The molecule has 3 rings (SSSR count). The Morgan fingerprint density at radius 1 is 1.14 bits per heavy atom. The van der Waals surface area contributed by atoms with Gasteiger partial charge in [0.15, 0.2) is 0 Å². The summed E-state index contributed by atoms with van der Waals surface area (Å²) in [4.78, 5) is 2.03. The van der Waals surface area contributed by atoms with Crippen LogP contribution in [0.4, 0.5) is 8.78 Å². The van der Waals surface area contributed by atoms with Crippen LogP contribution < -0.4 is 0 Å². The predicted octanol–water partition coefficient (Wildman–Crippen LogP) is 6.17. The first kappa shape index (κ1) is 22.7. The van der Waals surface area contributed by atoms with Crippen LogP contribution in [-0.4, -0.2) is 35.6 Å². The van der Waals surface area contributed by atoms with E-state index in [-0.39, 0.29) is 24.3 Å². The van der Waals surface area contributed by atoms with Crippen molar-refractivity contribution in [1.82, 2.24) is 4.90 Å². The molecule has 0 bridgehead atoms. The van der Waals surface area contributed by atoms with Crippen LogP contribution in [0.25, 0.3) is 0 Å². The fourth-order valence-electron chi connectivity index (χ4n) is 5.66. The number of nitrogens with zero attached hydrogens (tertiary/aromatic N) is 1. The van der Waals surface area contributed by atoms with E-state index in [4.69, 9.17) is 0 Å². The van der Waals surface area contributed by atoms with Gasteiger partial charge in [-0.05, 0) is 53.9 Å². The molecule has 2 nitrogen and oxygen atoms in total. The minimum absolute atomic E-state index is 0.0417. The van der Waals surface area contributed by atoms with Crippen LogP contribution in [0, 0.1) is 29.1 Å². The molecule has 1 heterocycles. The smallest absolute Gasteiger partial charge is 0.260 e. The molecule has 164 valence electrons. The van der Waals surface area contributed by atoms with E-state index in [0.29, 0.717) is 17.8 Å². The number of hydrogen-bond acceptors (Lipinski definition) is 2. The maximum atomic E-state index is 14.2. The summed E-state index contributed by atoms with van der Waals surface area (Å²) in [6.45, 7) is 9.97. The van der Waals surface area contributed by atoms with Crippen molar-refractivity contribution >= 4 is 0 Å². The van der Waals surface area contributed by atoms with Crippen molar-refractivity contribution in [3.8, 4) is 0 Å². The number of halogens is 2. The molecule has 1 saturated heterocycles. The second kappa shape index (κ2) is 9.01. The third-order valence-corrected chi connectivity index (χ3v) is 7.29. The van der Waals surface area contributed by atoms with Crippen molar-refractivity contribution in [3.05, 3.63) is 35.9 Å². The number of piperidine rings is 1. The summed E-state index contributed by atoms with van der Waals surface area (Å²) in [6.07, 6.45) is 3.91. The molecule has 4 unspecified atom stereocenters. The normalized spacial score (nSPS) is 29.3. The Bertz CT molecular complexity index is 645. The largest absolute Gasteiger partial charge is 0.388 e. The average Bonchev–Trinajstić information content (AvgIpc) is 3.06. The minimum atomic E-state index is -2.55. The summed E-state index contributed by atoms with van der Waals surface area (Å²) in [6, 6.07) is 9.90. The molecule has 4 heteroatoms.